The number of hydrogen-bond donors (Lipinski definition) is 2. The van der Waals surface area contributed by atoms with Gasteiger partial charge in [0, 0.05) is 13.1 Å². The number of nitrogens with one attached hydrogen (secondary N) is 1. The molecular weight excluding hydrogens is 448 g/mol. The highest BCUT2D eigenvalue weighted by molar-refractivity contribution is 6.14. The lowest BCUT2D eigenvalue weighted by atomic mass is 9.92. The Morgan fingerprint density at radius 1 is 0.778 bits per heavy atom. The molecule has 0 saturated carbocycles. The number of carbonyl (C=O) groups is 2. The Bertz CT molecular complexity index is 693. The van der Waals surface area contributed by atoms with Crippen LogP contribution in [0.2, 0.25) is 0 Å². The summed E-state index contributed by atoms with van der Waals surface area (Å²) < 4.78 is 0. The summed E-state index contributed by atoms with van der Waals surface area (Å²) in [7, 11) is 0. The van der Waals surface area contributed by atoms with Gasteiger partial charge in [-0.3, -0.25) is 0 Å². The second-order valence-corrected chi connectivity index (χ2v) is 10.2. The van der Waals surface area contributed by atoms with E-state index in [0.717, 1.165) is 36.8 Å². The number of nitrogens with zero attached hydrogens (tertiary/aromatic N) is 2. The first kappa shape index (κ1) is 33.9. The minimum Gasteiger partial charge on any atom is -0.351 e. The van der Waals surface area contributed by atoms with Crippen LogP contribution in [0.4, 0.5) is 15.3 Å². The van der Waals surface area contributed by atoms with Gasteiger partial charge in [0.25, 0.3) is 0 Å². The van der Waals surface area contributed by atoms with E-state index >= 15 is 0 Å². The van der Waals surface area contributed by atoms with Crippen molar-refractivity contribution in [2.45, 2.75) is 119 Å². The Balaban J connectivity index is 0.00000115. The number of benzene rings is 1. The minimum atomic E-state index is -0.715. The maximum atomic E-state index is 13.4. The van der Waals surface area contributed by atoms with E-state index in [1.165, 1.54) is 43.7 Å². The summed E-state index contributed by atoms with van der Waals surface area (Å²) in [5, 5.41) is 3.39. The third-order valence-electron chi connectivity index (χ3n) is 6.23. The van der Waals surface area contributed by atoms with Gasteiger partial charge in [0.05, 0.1) is 5.69 Å². The van der Waals surface area contributed by atoms with Crippen molar-refractivity contribution in [1.82, 2.24) is 10.2 Å². The number of hydrogen-bond acceptors (Lipinski definition) is 3. The summed E-state index contributed by atoms with van der Waals surface area (Å²) in [5.41, 5.74) is 8.35. The molecule has 36 heavy (non-hydrogen) atoms. The van der Waals surface area contributed by atoms with Gasteiger partial charge in [-0.25, -0.2) is 14.5 Å². The summed E-state index contributed by atoms with van der Waals surface area (Å²) in [4.78, 5) is 28.8. The number of urea groups is 2. The van der Waals surface area contributed by atoms with E-state index in [9.17, 15) is 9.59 Å². The number of primary amides is 1. The van der Waals surface area contributed by atoms with Crippen LogP contribution in [-0.4, -0.2) is 43.1 Å². The molecule has 6 heteroatoms. The highest BCUT2D eigenvalue weighted by atomic mass is 16.2. The molecule has 208 valence electrons. The van der Waals surface area contributed by atoms with E-state index < -0.39 is 6.03 Å². The van der Waals surface area contributed by atoms with Gasteiger partial charge in [0.1, 0.15) is 0 Å². The number of carbonyl (C=O) groups excluding carboxylic acids is 2. The average molecular weight is 505 g/mol. The molecule has 0 fully saturated rings. The Kier molecular flexibility index (Phi) is 18.9. The van der Waals surface area contributed by atoms with Gasteiger partial charge >= 0.3 is 12.1 Å². The van der Waals surface area contributed by atoms with Gasteiger partial charge in [0.2, 0.25) is 0 Å². The molecule has 0 aliphatic heterocycles. The number of imide groups is 1. The number of anilines is 1. The van der Waals surface area contributed by atoms with Crippen LogP contribution in [0.3, 0.4) is 0 Å². The Morgan fingerprint density at radius 3 is 1.53 bits per heavy atom. The maximum Gasteiger partial charge on any atom is 0.332 e. The lowest BCUT2D eigenvalue weighted by Gasteiger charge is -2.32. The fourth-order valence-corrected chi connectivity index (χ4v) is 3.94. The SMILES string of the molecule is CCCCN(CCCC)C(=O)N(C(N)=O)c1c(C(C)C)cccc1C(C)C.CCCCNCCCC. The predicted octanol–water partition coefficient (Wildman–Crippen LogP) is 8.02. The van der Waals surface area contributed by atoms with Gasteiger partial charge in [-0.2, -0.15) is 0 Å². The van der Waals surface area contributed by atoms with Crippen molar-refractivity contribution in [1.29, 1.82) is 0 Å². The molecule has 0 atom stereocenters. The smallest absolute Gasteiger partial charge is 0.332 e. The van der Waals surface area contributed by atoms with E-state index in [1.54, 1.807) is 4.90 Å². The molecule has 0 spiro atoms. The molecule has 0 radical (unpaired) electrons. The third-order valence-corrected chi connectivity index (χ3v) is 6.23. The van der Waals surface area contributed by atoms with E-state index in [0.29, 0.717) is 18.8 Å². The summed E-state index contributed by atoms with van der Waals surface area (Å²) in [6.45, 7) is 20.6. The molecule has 3 N–H and O–H groups in total. The fourth-order valence-electron chi connectivity index (χ4n) is 3.94. The van der Waals surface area contributed by atoms with Gasteiger partial charge in [-0.05, 0) is 61.7 Å². The van der Waals surface area contributed by atoms with Crippen LogP contribution >= 0.6 is 0 Å². The number of rotatable bonds is 15. The van der Waals surface area contributed by atoms with Gasteiger partial charge in [0.15, 0.2) is 0 Å². The quantitative estimate of drug-likeness (QED) is 0.237. The molecule has 4 amide bonds. The van der Waals surface area contributed by atoms with Gasteiger partial charge in [-0.1, -0.05) is 99.3 Å². The lowest BCUT2D eigenvalue weighted by Crippen LogP contribution is -2.50. The maximum absolute atomic E-state index is 13.4. The van der Waals surface area contributed by atoms with E-state index in [1.807, 2.05) is 18.2 Å². The second-order valence-electron chi connectivity index (χ2n) is 10.2. The third kappa shape index (κ3) is 12.2. The first-order valence-corrected chi connectivity index (χ1v) is 14.4. The number of nitrogens with two attached hydrogens (primary N) is 1. The van der Waals surface area contributed by atoms with Crippen molar-refractivity contribution >= 4 is 17.7 Å². The number of unbranched alkanes of at least 4 members (excludes halogenated alkanes) is 4. The van der Waals surface area contributed by atoms with Crippen molar-refractivity contribution in [3.63, 3.8) is 0 Å². The molecule has 0 bridgehead atoms. The standard InChI is InChI=1S/C22H37N3O2.C8H19N/c1-7-9-14-24(15-10-8-2)22(27)25(21(23)26)20-18(16(3)4)12-11-13-19(20)17(5)6;1-3-5-7-9-8-6-4-2/h11-13,16-17H,7-10,14-15H2,1-6H3,(H2,23,26);9H,3-8H2,1-2H3. The summed E-state index contributed by atoms with van der Waals surface area (Å²) >= 11 is 0. The van der Waals surface area contributed by atoms with Crippen molar-refractivity contribution in [2.24, 2.45) is 5.73 Å². The number of amides is 4. The van der Waals surface area contributed by atoms with Crippen molar-refractivity contribution in [3.8, 4) is 0 Å². The minimum absolute atomic E-state index is 0.174. The monoisotopic (exact) mass is 504 g/mol. The average Bonchev–Trinajstić information content (AvgIpc) is 2.84. The zero-order valence-corrected chi connectivity index (χ0v) is 24.7. The molecule has 1 aromatic rings. The van der Waals surface area contributed by atoms with Crippen LogP contribution in [-0.2, 0) is 0 Å². The van der Waals surface area contributed by atoms with Crippen LogP contribution in [0.5, 0.6) is 0 Å². The van der Waals surface area contributed by atoms with E-state index in [2.05, 4.69) is 60.7 Å². The molecule has 1 rings (SSSR count). The molecule has 0 saturated heterocycles. The van der Waals surface area contributed by atoms with E-state index in [-0.39, 0.29) is 17.9 Å². The summed E-state index contributed by atoms with van der Waals surface area (Å²) in [6, 6.07) is 4.94. The molecule has 0 aliphatic carbocycles. The van der Waals surface area contributed by atoms with Crippen LogP contribution in [0.25, 0.3) is 0 Å². The normalized spacial score (nSPS) is 10.8. The molecule has 0 heterocycles. The van der Waals surface area contributed by atoms with Crippen molar-refractivity contribution < 1.29 is 9.59 Å². The Hall–Kier alpha value is -2.08. The highest BCUT2D eigenvalue weighted by Crippen LogP contribution is 2.36. The van der Waals surface area contributed by atoms with Gasteiger partial charge < -0.3 is 16.0 Å². The molecule has 0 aliphatic rings. The zero-order valence-electron chi connectivity index (χ0n) is 24.7. The summed E-state index contributed by atoms with van der Waals surface area (Å²) in [5.74, 6) is 0.348. The molecule has 0 unspecified atom stereocenters. The van der Waals surface area contributed by atoms with Crippen LogP contribution in [0.1, 0.15) is 130 Å². The largest absolute Gasteiger partial charge is 0.351 e. The first-order valence-electron chi connectivity index (χ1n) is 14.4. The first-order chi connectivity index (χ1) is 17.2. The summed E-state index contributed by atoms with van der Waals surface area (Å²) in [6.07, 6.45) is 9.06. The molecular formula is C30H56N4O2. The molecule has 6 nitrogen and oxygen atoms in total. The predicted molar refractivity (Wildman–Crippen MR) is 156 cm³/mol. The molecule has 1 aromatic carbocycles. The van der Waals surface area contributed by atoms with E-state index in [4.69, 9.17) is 5.73 Å². The van der Waals surface area contributed by atoms with Crippen LogP contribution < -0.4 is 16.0 Å². The fraction of sp³-hybridized carbons (Fsp3) is 0.733. The number of para-hydroxylation sites is 1. The highest BCUT2D eigenvalue weighted by Gasteiger charge is 2.31. The van der Waals surface area contributed by atoms with Crippen LogP contribution in [0, 0.1) is 0 Å². The lowest BCUT2D eigenvalue weighted by molar-refractivity contribution is 0.201. The zero-order chi connectivity index (χ0) is 27.5. The van der Waals surface area contributed by atoms with Crippen molar-refractivity contribution in [3.05, 3.63) is 29.3 Å². The second kappa shape index (κ2) is 20.0. The topological polar surface area (TPSA) is 78.7 Å². The van der Waals surface area contributed by atoms with Crippen LogP contribution in [0.15, 0.2) is 18.2 Å². The Morgan fingerprint density at radius 2 is 1.19 bits per heavy atom. The Labute approximate surface area is 222 Å². The van der Waals surface area contributed by atoms with Gasteiger partial charge in [-0.15, -0.1) is 0 Å². The van der Waals surface area contributed by atoms with Crippen molar-refractivity contribution in [2.75, 3.05) is 31.1 Å². The molecule has 0 aromatic heterocycles.